The van der Waals surface area contributed by atoms with Crippen molar-refractivity contribution < 1.29 is 21.5 Å². The predicted molar refractivity (Wildman–Crippen MR) is 97.7 cm³/mol. The van der Waals surface area contributed by atoms with Gasteiger partial charge in [-0.15, -0.1) is 0 Å². The highest BCUT2D eigenvalue weighted by molar-refractivity contribution is 6.35. The van der Waals surface area contributed by atoms with Crippen molar-refractivity contribution in [2.45, 2.75) is 39.0 Å². The van der Waals surface area contributed by atoms with Gasteiger partial charge in [0.05, 0.1) is 26.2 Å². The highest BCUT2D eigenvalue weighted by Gasteiger charge is 2.33. The van der Waals surface area contributed by atoms with Gasteiger partial charge in [0.1, 0.15) is 0 Å². The summed E-state index contributed by atoms with van der Waals surface area (Å²) in [5.74, 6) is 0.682. The van der Waals surface area contributed by atoms with Crippen LogP contribution in [0.5, 0.6) is 0 Å². The summed E-state index contributed by atoms with van der Waals surface area (Å²) < 4.78 is 1.22. The first-order valence-electron chi connectivity index (χ1n) is 8.48. The minimum Gasteiger partial charge on any atom is -1.00 e. The van der Waals surface area contributed by atoms with Gasteiger partial charge < -0.3 is 21.5 Å². The van der Waals surface area contributed by atoms with E-state index in [1.54, 1.807) is 0 Å². The second-order valence-corrected chi connectivity index (χ2v) is 7.59. The number of quaternary nitrogens is 1. The molecule has 130 valence electrons. The largest absolute Gasteiger partial charge is 1.00 e. The van der Waals surface area contributed by atoms with E-state index in [4.69, 9.17) is 23.2 Å². The zero-order chi connectivity index (χ0) is 16.0. The Morgan fingerprint density at radius 2 is 1.96 bits per heavy atom. The zero-order valence-corrected chi connectivity index (χ0v) is 17.1. The van der Waals surface area contributed by atoms with Gasteiger partial charge in [0, 0.05) is 28.8 Å². The van der Waals surface area contributed by atoms with Crippen molar-refractivity contribution in [3.05, 3.63) is 46.5 Å². The average molecular weight is 421 g/mol. The van der Waals surface area contributed by atoms with Crippen LogP contribution in [0, 0.1) is 5.92 Å². The van der Waals surface area contributed by atoms with E-state index in [0.29, 0.717) is 5.92 Å². The van der Waals surface area contributed by atoms with Crippen molar-refractivity contribution in [2.75, 3.05) is 26.2 Å². The minimum atomic E-state index is 0. The van der Waals surface area contributed by atoms with Gasteiger partial charge in [0.15, 0.2) is 0 Å². The quantitative estimate of drug-likeness (QED) is 0.448. The molecule has 1 fully saturated rings. The van der Waals surface area contributed by atoms with Crippen molar-refractivity contribution >= 4 is 23.2 Å². The third-order valence-electron chi connectivity index (χ3n) is 4.90. The second-order valence-electron chi connectivity index (χ2n) is 6.74. The average Bonchev–Trinajstić information content (AvgIpc) is 2.91. The fourth-order valence-electron chi connectivity index (χ4n) is 3.93. The molecule has 0 spiro atoms. The molecule has 1 heterocycles. The Balaban J connectivity index is 0.00000264. The van der Waals surface area contributed by atoms with Gasteiger partial charge in [-0.3, -0.25) is 0 Å². The fourth-order valence-corrected chi connectivity index (χ4v) is 4.42. The molecule has 4 heteroatoms. The highest BCUT2D eigenvalue weighted by Crippen LogP contribution is 2.28. The second kappa shape index (κ2) is 10.1. The normalized spacial score (nSPS) is 17.5. The van der Waals surface area contributed by atoms with Gasteiger partial charge in [0.25, 0.3) is 0 Å². The van der Waals surface area contributed by atoms with Gasteiger partial charge >= 0.3 is 0 Å². The molecule has 0 amide bonds. The molecular formula is C19H28BrCl2N. The van der Waals surface area contributed by atoms with E-state index in [-0.39, 0.29) is 17.0 Å². The number of hydrogen-bond acceptors (Lipinski definition) is 0. The maximum absolute atomic E-state index is 6.38. The van der Waals surface area contributed by atoms with Gasteiger partial charge in [-0.05, 0) is 36.6 Å². The molecule has 1 aromatic rings. The third kappa shape index (κ3) is 6.08. The lowest BCUT2D eigenvalue weighted by Crippen LogP contribution is -3.00. The van der Waals surface area contributed by atoms with E-state index >= 15 is 0 Å². The Hall–Kier alpha value is -0.0200. The number of likely N-dealkylation sites (tertiary alicyclic amines) is 1. The maximum atomic E-state index is 6.38. The van der Waals surface area contributed by atoms with Crippen molar-refractivity contribution in [2.24, 2.45) is 5.92 Å². The molecule has 1 unspecified atom stereocenters. The van der Waals surface area contributed by atoms with Gasteiger partial charge in [-0.2, -0.15) is 0 Å². The lowest BCUT2D eigenvalue weighted by atomic mass is 9.93. The van der Waals surface area contributed by atoms with Crippen LogP contribution in [-0.4, -0.2) is 30.7 Å². The van der Waals surface area contributed by atoms with E-state index < -0.39 is 0 Å². The molecule has 0 aliphatic carbocycles. The number of hydrogen-bond donors (Lipinski definition) is 0. The summed E-state index contributed by atoms with van der Waals surface area (Å²) in [6.07, 6.45) is 8.35. The van der Waals surface area contributed by atoms with Gasteiger partial charge in [0.2, 0.25) is 0 Å². The van der Waals surface area contributed by atoms with Crippen LogP contribution in [0.4, 0.5) is 0 Å². The van der Waals surface area contributed by atoms with Crippen LogP contribution in [-0.2, 0) is 6.42 Å². The maximum Gasteiger partial charge on any atom is 0.0971 e. The predicted octanol–water partition coefficient (Wildman–Crippen LogP) is 2.75. The van der Waals surface area contributed by atoms with E-state index in [9.17, 15) is 0 Å². The molecule has 1 nitrogen and oxygen atoms in total. The zero-order valence-electron chi connectivity index (χ0n) is 14.0. The van der Waals surface area contributed by atoms with Crippen LogP contribution < -0.4 is 17.0 Å². The summed E-state index contributed by atoms with van der Waals surface area (Å²) in [6.45, 7) is 11.2. The van der Waals surface area contributed by atoms with Crippen molar-refractivity contribution in [1.29, 1.82) is 0 Å². The first-order valence-corrected chi connectivity index (χ1v) is 9.24. The summed E-state index contributed by atoms with van der Waals surface area (Å²) in [5, 5.41) is 1.53. The molecule has 0 radical (unpaired) electrons. The first kappa shape index (κ1) is 21.0. The van der Waals surface area contributed by atoms with E-state index in [2.05, 4.69) is 25.6 Å². The summed E-state index contributed by atoms with van der Waals surface area (Å²) in [5.41, 5.74) is 1.24. The molecule has 0 saturated carbocycles. The van der Waals surface area contributed by atoms with E-state index in [1.165, 1.54) is 55.4 Å². The van der Waals surface area contributed by atoms with Gasteiger partial charge in [-0.1, -0.05) is 49.2 Å². The van der Waals surface area contributed by atoms with Crippen LogP contribution in [0.2, 0.25) is 10.0 Å². The number of benzene rings is 1. The van der Waals surface area contributed by atoms with Crippen molar-refractivity contribution in [3.8, 4) is 0 Å². The Kier molecular flexibility index (Phi) is 9.21. The van der Waals surface area contributed by atoms with Crippen LogP contribution in [0.1, 0.15) is 38.2 Å². The Labute approximate surface area is 162 Å². The Morgan fingerprint density at radius 3 is 2.52 bits per heavy atom. The molecule has 1 aliphatic rings. The molecule has 0 N–H and O–H groups in total. The fraction of sp³-hybridized carbons (Fsp3) is 0.579. The number of halogens is 3. The summed E-state index contributed by atoms with van der Waals surface area (Å²) in [4.78, 5) is 0. The van der Waals surface area contributed by atoms with Crippen molar-refractivity contribution in [3.63, 3.8) is 0 Å². The van der Waals surface area contributed by atoms with Crippen LogP contribution >= 0.6 is 23.2 Å². The molecule has 2 rings (SSSR count). The summed E-state index contributed by atoms with van der Waals surface area (Å²) >= 11 is 12.4. The highest BCUT2D eigenvalue weighted by atomic mass is 79.9. The molecule has 23 heavy (non-hydrogen) atoms. The van der Waals surface area contributed by atoms with E-state index in [0.717, 1.165) is 23.0 Å². The summed E-state index contributed by atoms with van der Waals surface area (Å²) in [7, 11) is 0. The lowest BCUT2D eigenvalue weighted by molar-refractivity contribution is -0.914. The molecule has 1 aliphatic heterocycles. The minimum absolute atomic E-state index is 0. The third-order valence-corrected chi connectivity index (χ3v) is 5.48. The Morgan fingerprint density at radius 1 is 1.26 bits per heavy atom. The van der Waals surface area contributed by atoms with Crippen LogP contribution in [0.25, 0.3) is 0 Å². The van der Waals surface area contributed by atoms with Crippen LogP contribution in [0.15, 0.2) is 30.9 Å². The van der Waals surface area contributed by atoms with Crippen LogP contribution in [0.3, 0.4) is 0 Å². The summed E-state index contributed by atoms with van der Waals surface area (Å²) in [6, 6.07) is 5.91. The molecule has 0 aromatic heterocycles. The molecular weight excluding hydrogens is 393 g/mol. The molecule has 1 saturated heterocycles. The van der Waals surface area contributed by atoms with Crippen molar-refractivity contribution in [1.82, 2.24) is 0 Å². The molecule has 1 aromatic carbocycles. The molecule has 0 bridgehead atoms. The Bertz CT molecular complexity index is 498. The monoisotopic (exact) mass is 419 g/mol. The lowest BCUT2D eigenvalue weighted by Gasteiger charge is -2.36. The smallest absolute Gasteiger partial charge is 0.0971 e. The number of nitrogens with zero attached hydrogens (tertiary/aromatic N) is 1. The first-order chi connectivity index (χ1) is 10.6. The van der Waals surface area contributed by atoms with Gasteiger partial charge in [-0.25, -0.2) is 0 Å². The number of rotatable bonds is 8. The van der Waals surface area contributed by atoms with E-state index in [1.807, 2.05) is 12.1 Å². The standard InChI is InChI=1S/C19H28Cl2N.BrH/c1-3-7-16(13-17-8-9-18(20)14-19(17)21)15-22(10-4-2)11-5-6-12-22;/h4,8-9,14,16H,2-3,5-7,10-13,15H2,1H3;1H/q+1;/p-1. The SMILES string of the molecule is C=CC[N+]1(CC(CCC)Cc2ccc(Cl)cc2Cl)CCCC1.[Br-]. The molecule has 1 atom stereocenters. The topological polar surface area (TPSA) is 0 Å².